The molecule has 0 saturated carbocycles. The van der Waals surface area contributed by atoms with E-state index in [9.17, 15) is 9.90 Å². The van der Waals surface area contributed by atoms with Crippen LogP contribution in [0, 0.1) is 11.8 Å². The Hall–Kier alpha value is -1.99. The minimum atomic E-state index is -0.625. The number of carbonyl (C=O) groups excluding carboxylic acids is 1. The number of hydrogen-bond donors (Lipinski definition) is 2. The highest BCUT2D eigenvalue weighted by Crippen LogP contribution is 2.18. The molecule has 78 valence electrons. The summed E-state index contributed by atoms with van der Waals surface area (Å²) in [5, 5.41) is 17.9. The first-order valence-electron chi connectivity index (χ1n) is 4.20. The van der Waals surface area contributed by atoms with Crippen LogP contribution in [0.15, 0.2) is 18.2 Å². The lowest BCUT2D eigenvalue weighted by Gasteiger charge is -2.02. The topological polar surface area (TPSA) is 66.8 Å². The molecule has 0 heterocycles. The van der Waals surface area contributed by atoms with Crippen LogP contribution in [-0.4, -0.2) is 29.9 Å². The lowest BCUT2D eigenvalue weighted by molar-refractivity contribution is 0.0597. The molecule has 0 saturated heterocycles. The number of aromatic hydroxyl groups is 1. The van der Waals surface area contributed by atoms with Gasteiger partial charge in [-0.05, 0) is 18.2 Å². The molecule has 1 rings (SSSR count). The first-order chi connectivity index (χ1) is 7.19. The molecule has 0 atom stereocenters. The first-order valence-corrected chi connectivity index (χ1v) is 4.20. The third-order valence-electron chi connectivity index (χ3n) is 1.71. The smallest absolute Gasteiger partial charge is 0.341 e. The molecule has 1 aromatic carbocycles. The molecule has 0 amide bonds. The predicted molar refractivity (Wildman–Crippen MR) is 53.4 cm³/mol. The molecule has 4 nitrogen and oxygen atoms in total. The molecule has 0 aliphatic heterocycles. The predicted octanol–water partition coefficient (Wildman–Crippen LogP) is 0.523. The number of aliphatic hydroxyl groups excluding tert-OH is 1. The highest BCUT2D eigenvalue weighted by Gasteiger charge is 2.11. The van der Waals surface area contributed by atoms with Crippen LogP contribution >= 0.6 is 0 Å². The van der Waals surface area contributed by atoms with Gasteiger partial charge in [0.2, 0.25) is 0 Å². The van der Waals surface area contributed by atoms with Crippen LogP contribution in [0.3, 0.4) is 0 Å². The van der Waals surface area contributed by atoms with Crippen LogP contribution in [-0.2, 0) is 4.74 Å². The minimum absolute atomic E-state index is 0.0576. The number of ether oxygens (including phenoxy) is 1. The van der Waals surface area contributed by atoms with E-state index < -0.39 is 5.97 Å². The zero-order valence-corrected chi connectivity index (χ0v) is 8.15. The molecule has 0 aromatic heterocycles. The maximum absolute atomic E-state index is 11.2. The van der Waals surface area contributed by atoms with Gasteiger partial charge in [-0.2, -0.15) is 0 Å². The fourth-order valence-corrected chi connectivity index (χ4v) is 1.03. The van der Waals surface area contributed by atoms with E-state index in [1.54, 1.807) is 6.07 Å². The van der Waals surface area contributed by atoms with Crippen molar-refractivity contribution in [2.75, 3.05) is 13.7 Å². The highest BCUT2D eigenvalue weighted by molar-refractivity contribution is 5.92. The Kier molecular flexibility index (Phi) is 3.72. The van der Waals surface area contributed by atoms with Gasteiger partial charge in [0.15, 0.2) is 0 Å². The maximum atomic E-state index is 11.2. The average molecular weight is 206 g/mol. The number of carbonyl (C=O) groups is 1. The quantitative estimate of drug-likeness (QED) is 0.519. The van der Waals surface area contributed by atoms with E-state index in [-0.39, 0.29) is 17.9 Å². The van der Waals surface area contributed by atoms with E-state index in [0.717, 1.165) is 0 Å². The Morgan fingerprint density at radius 3 is 2.87 bits per heavy atom. The van der Waals surface area contributed by atoms with Gasteiger partial charge in [-0.25, -0.2) is 4.79 Å². The summed E-state index contributed by atoms with van der Waals surface area (Å²) in [7, 11) is 1.23. The molecule has 0 radical (unpaired) electrons. The van der Waals surface area contributed by atoms with Gasteiger partial charge in [0.1, 0.15) is 17.9 Å². The molecular formula is C11H10O4. The largest absolute Gasteiger partial charge is 0.507 e. The van der Waals surface area contributed by atoms with Gasteiger partial charge >= 0.3 is 5.97 Å². The molecule has 1 aromatic rings. The van der Waals surface area contributed by atoms with Gasteiger partial charge < -0.3 is 14.9 Å². The summed E-state index contributed by atoms with van der Waals surface area (Å²) >= 11 is 0. The van der Waals surface area contributed by atoms with Crippen molar-refractivity contribution >= 4 is 5.97 Å². The lowest BCUT2D eigenvalue weighted by Crippen LogP contribution is -2.01. The van der Waals surface area contributed by atoms with Crippen LogP contribution in [0.4, 0.5) is 0 Å². The zero-order valence-electron chi connectivity index (χ0n) is 8.15. The van der Waals surface area contributed by atoms with Gasteiger partial charge in [-0.1, -0.05) is 11.8 Å². The Morgan fingerprint density at radius 1 is 1.53 bits per heavy atom. The normalized spacial score (nSPS) is 8.93. The van der Waals surface area contributed by atoms with E-state index in [0.29, 0.717) is 5.56 Å². The van der Waals surface area contributed by atoms with Gasteiger partial charge in [-0.15, -0.1) is 0 Å². The second-order valence-corrected chi connectivity index (χ2v) is 2.68. The Morgan fingerprint density at radius 2 is 2.27 bits per heavy atom. The Bertz CT molecular complexity index is 426. The van der Waals surface area contributed by atoms with Crippen molar-refractivity contribution < 1.29 is 19.7 Å². The van der Waals surface area contributed by atoms with Crippen LogP contribution in [0.2, 0.25) is 0 Å². The number of hydrogen-bond acceptors (Lipinski definition) is 4. The number of rotatable bonds is 1. The van der Waals surface area contributed by atoms with Gasteiger partial charge in [0.25, 0.3) is 0 Å². The number of esters is 1. The number of benzene rings is 1. The van der Waals surface area contributed by atoms with Crippen molar-refractivity contribution in [1.82, 2.24) is 0 Å². The van der Waals surface area contributed by atoms with E-state index in [1.807, 2.05) is 0 Å². The van der Waals surface area contributed by atoms with E-state index in [2.05, 4.69) is 16.6 Å². The fraction of sp³-hybridized carbons (Fsp3) is 0.182. The second-order valence-electron chi connectivity index (χ2n) is 2.68. The summed E-state index contributed by atoms with van der Waals surface area (Å²) < 4.78 is 4.48. The fourth-order valence-electron chi connectivity index (χ4n) is 1.03. The van der Waals surface area contributed by atoms with Crippen molar-refractivity contribution in [2.24, 2.45) is 0 Å². The molecule has 2 N–H and O–H groups in total. The van der Waals surface area contributed by atoms with E-state index >= 15 is 0 Å². The summed E-state index contributed by atoms with van der Waals surface area (Å²) in [5.41, 5.74) is 0.587. The third kappa shape index (κ3) is 2.73. The number of phenols is 1. The minimum Gasteiger partial charge on any atom is -0.507 e. The summed E-state index contributed by atoms with van der Waals surface area (Å²) in [5.74, 6) is 4.28. The molecule has 0 aliphatic carbocycles. The van der Waals surface area contributed by atoms with Gasteiger partial charge in [0, 0.05) is 5.56 Å². The molecule has 15 heavy (non-hydrogen) atoms. The first kappa shape index (κ1) is 11.1. The summed E-state index contributed by atoms with van der Waals surface area (Å²) in [6.07, 6.45) is 0. The van der Waals surface area contributed by atoms with Crippen molar-refractivity contribution in [3.05, 3.63) is 29.3 Å². The Balaban J connectivity index is 3.10. The van der Waals surface area contributed by atoms with Crippen LogP contribution in [0.5, 0.6) is 5.75 Å². The van der Waals surface area contributed by atoms with Crippen LogP contribution in [0.25, 0.3) is 0 Å². The second kappa shape index (κ2) is 5.03. The number of phenolic OH excluding ortho intramolecular Hbond substituents is 1. The molecule has 0 aliphatic rings. The lowest BCUT2D eigenvalue weighted by atomic mass is 10.1. The molecule has 0 fully saturated rings. The molecular weight excluding hydrogens is 196 g/mol. The van der Waals surface area contributed by atoms with Crippen molar-refractivity contribution in [1.29, 1.82) is 0 Å². The number of aliphatic hydroxyl groups is 1. The standard InChI is InChI=1S/C11H10O4/c1-15-11(14)9-7-8(3-2-6-12)4-5-10(9)13/h4-5,7,12-13H,6H2,1H3. The highest BCUT2D eigenvalue weighted by atomic mass is 16.5. The van der Waals surface area contributed by atoms with E-state index in [4.69, 9.17) is 5.11 Å². The average Bonchev–Trinajstić information content (AvgIpc) is 2.27. The zero-order chi connectivity index (χ0) is 11.3. The summed E-state index contributed by atoms with van der Waals surface area (Å²) in [6, 6.07) is 4.31. The Labute approximate surface area is 87.1 Å². The maximum Gasteiger partial charge on any atom is 0.341 e. The van der Waals surface area contributed by atoms with Gasteiger partial charge in [0.05, 0.1) is 7.11 Å². The molecule has 4 heteroatoms. The summed E-state index contributed by atoms with van der Waals surface area (Å²) in [4.78, 5) is 11.2. The molecule has 0 bridgehead atoms. The third-order valence-corrected chi connectivity index (χ3v) is 1.71. The summed E-state index contributed by atoms with van der Waals surface area (Å²) in [6.45, 7) is -0.256. The van der Waals surface area contributed by atoms with Crippen LogP contribution < -0.4 is 0 Å². The SMILES string of the molecule is COC(=O)c1cc(C#CCO)ccc1O. The van der Waals surface area contributed by atoms with Crippen LogP contribution in [0.1, 0.15) is 15.9 Å². The number of methoxy groups -OCH3 is 1. The van der Waals surface area contributed by atoms with Crippen molar-refractivity contribution in [3.63, 3.8) is 0 Å². The van der Waals surface area contributed by atoms with Crippen molar-refractivity contribution in [3.8, 4) is 17.6 Å². The van der Waals surface area contributed by atoms with E-state index in [1.165, 1.54) is 19.2 Å². The molecule has 0 spiro atoms. The molecule has 0 unspecified atom stereocenters. The van der Waals surface area contributed by atoms with Crippen molar-refractivity contribution in [2.45, 2.75) is 0 Å². The van der Waals surface area contributed by atoms with Gasteiger partial charge in [-0.3, -0.25) is 0 Å². The monoisotopic (exact) mass is 206 g/mol.